The molecule has 0 spiro atoms. The number of nitrogen functional groups attached to an aromatic ring is 1. The van der Waals surface area contributed by atoms with E-state index in [9.17, 15) is 4.79 Å². The van der Waals surface area contributed by atoms with Gasteiger partial charge in [0.2, 0.25) is 0 Å². The average Bonchev–Trinajstić information content (AvgIpc) is 2.48. The molecule has 102 valence electrons. The molecule has 0 heterocycles. The third kappa shape index (κ3) is 2.26. The Balaban J connectivity index is 1.64. The molecule has 4 heteroatoms. The minimum atomic E-state index is -0.0945. The van der Waals surface area contributed by atoms with Crippen LogP contribution < -0.4 is 16.6 Å². The molecule has 0 radical (unpaired) electrons. The van der Waals surface area contributed by atoms with Crippen LogP contribution in [0.2, 0.25) is 0 Å². The van der Waals surface area contributed by atoms with Crippen LogP contribution in [0.25, 0.3) is 0 Å². The zero-order valence-electron chi connectivity index (χ0n) is 11.1. The second-order valence-electron chi connectivity index (χ2n) is 5.00. The van der Waals surface area contributed by atoms with Gasteiger partial charge in [0, 0.05) is 12.5 Å². The van der Waals surface area contributed by atoms with Gasteiger partial charge < -0.3 is 10.7 Å². The summed E-state index contributed by atoms with van der Waals surface area (Å²) in [6.07, 6.45) is 1.03. The lowest BCUT2D eigenvalue weighted by molar-refractivity contribution is 0.0951. The van der Waals surface area contributed by atoms with Gasteiger partial charge in [-0.05, 0) is 29.7 Å². The first-order valence-electron chi connectivity index (χ1n) is 6.71. The van der Waals surface area contributed by atoms with E-state index < -0.39 is 0 Å². The highest BCUT2D eigenvalue weighted by atomic mass is 16.1. The number of carbonyl (C=O) groups excluding carboxylic acids is 1. The topological polar surface area (TPSA) is 67.1 Å². The lowest BCUT2D eigenvalue weighted by Crippen LogP contribution is -2.33. The number of para-hydroxylation sites is 1. The van der Waals surface area contributed by atoms with Gasteiger partial charge in [-0.15, -0.1) is 0 Å². The van der Waals surface area contributed by atoms with Gasteiger partial charge >= 0.3 is 0 Å². The number of nitrogens with one attached hydrogen (secondary N) is 2. The molecule has 0 saturated heterocycles. The van der Waals surface area contributed by atoms with Crippen molar-refractivity contribution in [2.24, 2.45) is 5.84 Å². The number of hydrogen-bond acceptors (Lipinski definition) is 3. The van der Waals surface area contributed by atoms with Crippen molar-refractivity contribution >= 4 is 11.6 Å². The summed E-state index contributed by atoms with van der Waals surface area (Å²) in [4.78, 5) is 12.2. The van der Waals surface area contributed by atoms with E-state index in [-0.39, 0.29) is 5.91 Å². The molecule has 2 aromatic carbocycles. The number of hydrogen-bond donors (Lipinski definition) is 3. The maximum Gasteiger partial charge on any atom is 0.253 e. The van der Waals surface area contributed by atoms with Crippen LogP contribution in [0.1, 0.15) is 27.4 Å². The standard InChI is InChI=1S/C16H17N3O/c17-19-15-8-4-3-7-14(15)16(20)18-10-12-9-11-5-1-2-6-13(11)12/h1-8,12,19H,9-10,17H2,(H,18,20). The Morgan fingerprint density at radius 1 is 1.15 bits per heavy atom. The Hall–Kier alpha value is -2.33. The Morgan fingerprint density at radius 2 is 1.90 bits per heavy atom. The van der Waals surface area contributed by atoms with Crippen LogP contribution in [0.4, 0.5) is 5.69 Å². The van der Waals surface area contributed by atoms with Crippen molar-refractivity contribution in [3.63, 3.8) is 0 Å². The van der Waals surface area contributed by atoms with Gasteiger partial charge in [-0.2, -0.15) is 0 Å². The number of carbonyl (C=O) groups is 1. The van der Waals surface area contributed by atoms with Gasteiger partial charge in [-0.3, -0.25) is 10.6 Å². The normalized spacial score (nSPS) is 15.9. The lowest BCUT2D eigenvalue weighted by atomic mass is 9.77. The summed E-state index contributed by atoms with van der Waals surface area (Å²) in [6, 6.07) is 15.6. The number of nitrogens with two attached hydrogens (primary N) is 1. The van der Waals surface area contributed by atoms with Gasteiger partial charge in [0.1, 0.15) is 0 Å². The number of rotatable bonds is 4. The molecule has 4 N–H and O–H groups in total. The van der Waals surface area contributed by atoms with Crippen molar-refractivity contribution in [1.82, 2.24) is 5.32 Å². The number of anilines is 1. The van der Waals surface area contributed by atoms with Crippen LogP contribution in [0.3, 0.4) is 0 Å². The van der Waals surface area contributed by atoms with Crippen molar-refractivity contribution in [3.05, 3.63) is 65.2 Å². The first-order chi connectivity index (χ1) is 9.79. The highest BCUT2D eigenvalue weighted by molar-refractivity contribution is 5.99. The molecule has 3 rings (SSSR count). The maximum absolute atomic E-state index is 12.2. The molecule has 0 fully saturated rings. The van der Waals surface area contributed by atoms with Crippen molar-refractivity contribution in [2.45, 2.75) is 12.3 Å². The maximum atomic E-state index is 12.2. The zero-order chi connectivity index (χ0) is 13.9. The van der Waals surface area contributed by atoms with Crippen LogP contribution in [0.5, 0.6) is 0 Å². The van der Waals surface area contributed by atoms with E-state index >= 15 is 0 Å². The molecular formula is C16H17N3O. The largest absolute Gasteiger partial charge is 0.351 e. The van der Waals surface area contributed by atoms with Gasteiger partial charge in [-0.1, -0.05) is 36.4 Å². The van der Waals surface area contributed by atoms with Crippen molar-refractivity contribution in [3.8, 4) is 0 Å². The molecule has 0 aromatic heterocycles. The Morgan fingerprint density at radius 3 is 2.70 bits per heavy atom. The van der Waals surface area contributed by atoms with Crippen LogP contribution >= 0.6 is 0 Å². The smallest absolute Gasteiger partial charge is 0.253 e. The fourth-order valence-electron chi connectivity index (χ4n) is 2.66. The first-order valence-corrected chi connectivity index (χ1v) is 6.71. The monoisotopic (exact) mass is 267 g/mol. The summed E-state index contributed by atoms with van der Waals surface area (Å²) in [7, 11) is 0. The second kappa shape index (κ2) is 5.35. The van der Waals surface area contributed by atoms with Crippen molar-refractivity contribution in [2.75, 3.05) is 12.0 Å². The molecule has 0 bridgehead atoms. The fraction of sp³-hybridized carbons (Fsp3) is 0.188. The van der Waals surface area contributed by atoms with Crippen molar-refractivity contribution in [1.29, 1.82) is 0 Å². The van der Waals surface area contributed by atoms with Crippen molar-refractivity contribution < 1.29 is 4.79 Å². The Labute approximate surface area is 118 Å². The first kappa shape index (κ1) is 12.7. The number of hydrazine groups is 1. The quantitative estimate of drug-likeness (QED) is 0.586. The summed E-state index contributed by atoms with van der Waals surface area (Å²) in [5.41, 5.74) is 6.49. The predicted octanol–water partition coefficient (Wildman–Crippen LogP) is 2.04. The van der Waals surface area contributed by atoms with Crippen LogP contribution in [-0.4, -0.2) is 12.5 Å². The van der Waals surface area contributed by atoms with E-state index in [0.717, 1.165) is 6.42 Å². The zero-order valence-corrected chi connectivity index (χ0v) is 11.1. The highest BCUT2D eigenvalue weighted by Gasteiger charge is 2.25. The lowest BCUT2D eigenvalue weighted by Gasteiger charge is -2.30. The number of benzene rings is 2. The summed E-state index contributed by atoms with van der Waals surface area (Å²) in [6.45, 7) is 0.661. The summed E-state index contributed by atoms with van der Waals surface area (Å²) in [5.74, 6) is 5.74. The van der Waals surface area contributed by atoms with Crippen LogP contribution in [0.15, 0.2) is 48.5 Å². The van der Waals surface area contributed by atoms with Gasteiger partial charge in [0.25, 0.3) is 5.91 Å². The molecule has 2 aromatic rings. The van der Waals surface area contributed by atoms with Crippen LogP contribution in [-0.2, 0) is 6.42 Å². The van der Waals surface area contributed by atoms with E-state index in [4.69, 9.17) is 5.84 Å². The number of amides is 1. The van der Waals surface area contributed by atoms with E-state index in [1.54, 1.807) is 12.1 Å². The molecule has 0 saturated carbocycles. The van der Waals surface area contributed by atoms with E-state index in [1.807, 2.05) is 18.2 Å². The molecule has 1 unspecified atom stereocenters. The van der Waals surface area contributed by atoms with Gasteiger partial charge in [-0.25, -0.2) is 0 Å². The SMILES string of the molecule is NNc1ccccc1C(=O)NCC1Cc2ccccc21. The molecule has 0 aliphatic heterocycles. The van der Waals surface area contributed by atoms with Gasteiger partial charge in [0.05, 0.1) is 11.3 Å². The molecule has 4 nitrogen and oxygen atoms in total. The second-order valence-corrected chi connectivity index (χ2v) is 5.00. The predicted molar refractivity (Wildman–Crippen MR) is 79.5 cm³/mol. The minimum Gasteiger partial charge on any atom is -0.351 e. The molecule has 1 amide bonds. The Bertz CT molecular complexity index is 639. The third-order valence-corrected chi connectivity index (χ3v) is 3.80. The number of fused-ring (bicyclic) bond motifs is 1. The third-order valence-electron chi connectivity index (χ3n) is 3.80. The fourth-order valence-corrected chi connectivity index (χ4v) is 2.66. The molecule has 1 aliphatic rings. The molecule has 1 aliphatic carbocycles. The summed E-state index contributed by atoms with van der Waals surface area (Å²) < 4.78 is 0. The Kier molecular flexibility index (Phi) is 3.39. The molecule has 1 atom stereocenters. The summed E-state index contributed by atoms with van der Waals surface area (Å²) in [5, 5.41) is 2.98. The average molecular weight is 267 g/mol. The van der Waals surface area contributed by atoms with Crippen LogP contribution in [0, 0.1) is 0 Å². The summed E-state index contributed by atoms with van der Waals surface area (Å²) >= 11 is 0. The highest BCUT2D eigenvalue weighted by Crippen LogP contribution is 2.34. The van der Waals surface area contributed by atoms with E-state index in [1.165, 1.54) is 11.1 Å². The minimum absolute atomic E-state index is 0.0945. The van der Waals surface area contributed by atoms with E-state index in [0.29, 0.717) is 23.7 Å². The van der Waals surface area contributed by atoms with Gasteiger partial charge in [0.15, 0.2) is 0 Å². The van der Waals surface area contributed by atoms with E-state index in [2.05, 4.69) is 28.9 Å². The molecule has 20 heavy (non-hydrogen) atoms. The molecular weight excluding hydrogens is 250 g/mol.